The van der Waals surface area contributed by atoms with Gasteiger partial charge in [-0.05, 0) is 17.6 Å². The van der Waals surface area contributed by atoms with Gasteiger partial charge >= 0.3 is 0 Å². The summed E-state index contributed by atoms with van der Waals surface area (Å²) in [4.78, 5) is 5.93. The third kappa shape index (κ3) is 2.91. The lowest BCUT2D eigenvalue weighted by molar-refractivity contribution is 0.703. The highest BCUT2D eigenvalue weighted by Gasteiger charge is 2.14. The summed E-state index contributed by atoms with van der Waals surface area (Å²) in [5.41, 5.74) is 2.08. The van der Waals surface area contributed by atoms with Crippen molar-refractivity contribution in [2.24, 2.45) is 0 Å². The van der Waals surface area contributed by atoms with Gasteiger partial charge in [0, 0.05) is 22.2 Å². The number of rotatable bonds is 4. The summed E-state index contributed by atoms with van der Waals surface area (Å²) in [6.07, 6.45) is 1.82. The van der Waals surface area contributed by atoms with Gasteiger partial charge in [0.25, 0.3) is 0 Å². The molecule has 112 valence electrons. The number of hydrogen-bond donors (Lipinski definition) is 0. The lowest BCUT2D eigenvalue weighted by Crippen LogP contribution is -2.02. The van der Waals surface area contributed by atoms with E-state index < -0.39 is 0 Å². The van der Waals surface area contributed by atoms with E-state index in [0.29, 0.717) is 6.54 Å². The molecule has 0 atom stereocenters. The van der Waals surface area contributed by atoms with Gasteiger partial charge in [-0.3, -0.25) is 0 Å². The molecule has 0 bridgehead atoms. The van der Waals surface area contributed by atoms with Crippen LogP contribution in [0.1, 0.15) is 4.88 Å². The van der Waals surface area contributed by atoms with Gasteiger partial charge in [0.1, 0.15) is 0 Å². The monoisotopic (exact) mass is 318 g/mol. The van der Waals surface area contributed by atoms with E-state index in [1.165, 1.54) is 11.5 Å². The average Bonchev–Trinajstić information content (AvgIpc) is 3.27. The van der Waals surface area contributed by atoms with Crippen molar-refractivity contribution in [3.05, 3.63) is 77.8 Å². The minimum absolute atomic E-state index is 0.675. The molecule has 4 aromatic rings. The summed E-state index contributed by atoms with van der Waals surface area (Å²) < 4.78 is 6.12. The van der Waals surface area contributed by atoms with Crippen molar-refractivity contribution >= 4 is 11.5 Å². The molecule has 0 saturated carbocycles. The maximum Gasteiger partial charge on any atom is 0.181 e. The van der Waals surface area contributed by atoms with E-state index in [-0.39, 0.29) is 0 Å². The van der Waals surface area contributed by atoms with Crippen LogP contribution in [0, 0.1) is 0 Å². The first-order valence-electron chi connectivity index (χ1n) is 7.35. The van der Waals surface area contributed by atoms with E-state index in [2.05, 4.69) is 16.5 Å². The lowest BCUT2D eigenvalue weighted by atomic mass is 10.2. The Hall–Kier alpha value is -2.79. The van der Waals surface area contributed by atoms with Crippen molar-refractivity contribution in [1.82, 2.24) is 19.1 Å². The molecule has 0 amide bonds. The smallest absolute Gasteiger partial charge is 0.181 e. The van der Waals surface area contributed by atoms with E-state index in [4.69, 9.17) is 10.1 Å². The van der Waals surface area contributed by atoms with Gasteiger partial charge in [0.15, 0.2) is 11.6 Å². The predicted molar refractivity (Wildman–Crippen MR) is 92.1 cm³/mol. The summed E-state index contributed by atoms with van der Waals surface area (Å²) in [5, 5.41) is 4.72. The molecule has 4 rings (SSSR count). The second-order valence-corrected chi connectivity index (χ2v) is 6.05. The van der Waals surface area contributed by atoms with Crippen LogP contribution >= 0.6 is 11.5 Å². The minimum Gasteiger partial charge on any atom is -0.240 e. The Labute approximate surface area is 138 Å². The largest absolute Gasteiger partial charge is 0.240 e. The Morgan fingerprint density at radius 3 is 2.17 bits per heavy atom. The van der Waals surface area contributed by atoms with Crippen LogP contribution in [-0.4, -0.2) is 19.1 Å². The number of benzene rings is 2. The van der Waals surface area contributed by atoms with Crippen LogP contribution in [-0.2, 0) is 6.54 Å². The first-order chi connectivity index (χ1) is 11.4. The van der Waals surface area contributed by atoms with Crippen LogP contribution in [0.5, 0.6) is 0 Å². The Kier molecular flexibility index (Phi) is 3.70. The molecule has 2 aromatic carbocycles. The molecule has 0 aliphatic carbocycles. The quantitative estimate of drug-likeness (QED) is 0.568. The SMILES string of the molecule is c1ccc(-c2nc(-c3ccccc3)n(Cc3ccns3)n2)cc1. The highest BCUT2D eigenvalue weighted by Crippen LogP contribution is 2.23. The van der Waals surface area contributed by atoms with Crippen molar-refractivity contribution < 1.29 is 0 Å². The van der Waals surface area contributed by atoms with Crippen LogP contribution in [0.15, 0.2) is 72.9 Å². The summed E-state index contributed by atoms with van der Waals surface area (Å²) >= 11 is 1.49. The fourth-order valence-electron chi connectivity index (χ4n) is 2.43. The van der Waals surface area contributed by atoms with E-state index in [0.717, 1.165) is 27.7 Å². The Balaban J connectivity index is 1.80. The normalized spacial score (nSPS) is 10.8. The van der Waals surface area contributed by atoms with Gasteiger partial charge in [0.2, 0.25) is 0 Å². The molecule has 23 heavy (non-hydrogen) atoms. The third-order valence-corrected chi connectivity index (χ3v) is 4.26. The lowest BCUT2D eigenvalue weighted by Gasteiger charge is -2.03. The van der Waals surface area contributed by atoms with Crippen molar-refractivity contribution in [2.75, 3.05) is 0 Å². The molecule has 0 unspecified atom stereocenters. The molecule has 0 spiro atoms. The van der Waals surface area contributed by atoms with Gasteiger partial charge < -0.3 is 0 Å². The predicted octanol–water partition coefficient (Wildman–Crippen LogP) is 4.12. The van der Waals surface area contributed by atoms with E-state index in [1.807, 2.05) is 65.5 Å². The van der Waals surface area contributed by atoms with Crippen molar-refractivity contribution in [1.29, 1.82) is 0 Å². The van der Waals surface area contributed by atoms with Crippen molar-refractivity contribution in [3.63, 3.8) is 0 Å². The molecular weight excluding hydrogens is 304 g/mol. The molecule has 0 N–H and O–H groups in total. The molecular formula is C18H14N4S. The van der Waals surface area contributed by atoms with E-state index in [1.54, 1.807) is 0 Å². The zero-order valence-corrected chi connectivity index (χ0v) is 13.1. The molecule has 2 aromatic heterocycles. The standard InChI is InChI=1S/C18H14N4S/c1-3-7-14(8-4-1)17-20-18(15-9-5-2-6-10-15)22(21-17)13-16-11-12-19-23-16/h1-12H,13H2. The highest BCUT2D eigenvalue weighted by atomic mass is 32.1. The van der Waals surface area contributed by atoms with Gasteiger partial charge in [-0.2, -0.15) is 5.10 Å². The molecule has 0 radical (unpaired) electrons. The van der Waals surface area contributed by atoms with E-state index >= 15 is 0 Å². The van der Waals surface area contributed by atoms with E-state index in [9.17, 15) is 0 Å². The molecule has 5 heteroatoms. The van der Waals surface area contributed by atoms with Crippen LogP contribution < -0.4 is 0 Å². The maximum absolute atomic E-state index is 4.77. The highest BCUT2D eigenvalue weighted by molar-refractivity contribution is 7.05. The molecule has 0 saturated heterocycles. The number of hydrogen-bond acceptors (Lipinski definition) is 4. The van der Waals surface area contributed by atoms with Crippen LogP contribution in [0.25, 0.3) is 22.8 Å². The second-order valence-electron chi connectivity index (χ2n) is 5.13. The molecule has 0 fully saturated rings. The topological polar surface area (TPSA) is 43.6 Å². The molecule has 2 heterocycles. The molecule has 4 nitrogen and oxygen atoms in total. The molecule has 0 aliphatic heterocycles. The third-order valence-electron chi connectivity index (χ3n) is 3.53. The van der Waals surface area contributed by atoms with Gasteiger partial charge in [-0.1, -0.05) is 60.7 Å². The zero-order chi connectivity index (χ0) is 15.5. The Morgan fingerprint density at radius 2 is 1.52 bits per heavy atom. The minimum atomic E-state index is 0.675. The molecule has 0 aliphatic rings. The second kappa shape index (κ2) is 6.14. The zero-order valence-electron chi connectivity index (χ0n) is 12.3. The summed E-state index contributed by atoms with van der Waals surface area (Å²) in [6, 6.07) is 22.2. The van der Waals surface area contributed by atoms with Gasteiger partial charge in [-0.15, -0.1) is 0 Å². The Morgan fingerprint density at radius 1 is 0.826 bits per heavy atom. The maximum atomic E-state index is 4.77. The van der Waals surface area contributed by atoms with Crippen LogP contribution in [0.2, 0.25) is 0 Å². The van der Waals surface area contributed by atoms with Crippen LogP contribution in [0.4, 0.5) is 0 Å². The average molecular weight is 318 g/mol. The fourth-order valence-corrected chi connectivity index (χ4v) is 2.99. The summed E-state index contributed by atoms with van der Waals surface area (Å²) in [7, 11) is 0. The summed E-state index contributed by atoms with van der Waals surface area (Å²) in [5.74, 6) is 1.62. The number of nitrogens with zero attached hydrogens (tertiary/aromatic N) is 4. The van der Waals surface area contributed by atoms with Crippen molar-refractivity contribution in [3.8, 4) is 22.8 Å². The van der Waals surface area contributed by atoms with Gasteiger partial charge in [-0.25, -0.2) is 14.0 Å². The first-order valence-corrected chi connectivity index (χ1v) is 8.13. The fraction of sp³-hybridized carbons (Fsp3) is 0.0556. The first kappa shape index (κ1) is 13.8. The van der Waals surface area contributed by atoms with Gasteiger partial charge in [0.05, 0.1) is 6.54 Å². The Bertz CT molecular complexity index is 883. The van der Waals surface area contributed by atoms with Crippen LogP contribution in [0.3, 0.4) is 0 Å². The summed E-state index contributed by atoms with van der Waals surface area (Å²) in [6.45, 7) is 0.675. The van der Waals surface area contributed by atoms with Crippen molar-refractivity contribution in [2.45, 2.75) is 6.54 Å². The number of aromatic nitrogens is 4.